The van der Waals surface area contributed by atoms with Crippen molar-refractivity contribution in [1.82, 2.24) is 4.98 Å². The number of rotatable bonds is 7. The van der Waals surface area contributed by atoms with Crippen molar-refractivity contribution in [2.24, 2.45) is 5.73 Å². The Morgan fingerprint density at radius 2 is 2.00 bits per heavy atom. The van der Waals surface area contributed by atoms with Crippen LogP contribution in [-0.4, -0.2) is 23.2 Å². The van der Waals surface area contributed by atoms with E-state index < -0.39 is 0 Å². The SMILES string of the molecule is CCOC(C)(CC)C(N)Cc1nc(-c2ccccc2)cs1. The molecule has 1 heterocycles. The van der Waals surface area contributed by atoms with E-state index in [9.17, 15) is 0 Å². The van der Waals surface area contributed by atoms with Crippen LogP contribution in [0.15, 0.2) is 35.7 Å². The summed E-state index contributed by atoms with van der Waals surface area (Å²) in [6.45, 7) is 6.91. The van der Waals surface area contributed by atoms with Gasteiger partial charge in [0.15, 0.2) is 0 Å². The van der Waals surface area contributed by atoms with Gasteiger partial charge >= 0.3 is 0 Å². The molecule has 0 bridgehead atoms. The molecule has 2 unspecified atom stereocenters. The van der Waals surface area contributed by atoms with Crippen LogP contribution in [0.5, 0.6) is 0 Å². The summed E-state index contributed by atoms with van der Waals surface area (Å²) in [5, 5.41) is 3.17. The predicted molar refractivity (Wildman–Crippen MR) is 89.6 cm³/mol. The van der Waals surface area contributed by atoms with Crippen molar-refractivity contribution in [2.45, 2.75) is 45.3 Å². The summed E-state index contributed by atoms with van der Waals surface area (Å²) in [7, 11) is 0. The molecule has 0 fully saturated rings. The van der Waals surface area contributed by atoms with Crippen molar-refractivity contribution in [3.63, 3.8) is 0 Å². The molecule has 114 valence electrons. The predicted octanol–water partition coefficient (Wildman–Crippen LogP) is 3.89. The first-order valence-electron chi connectivity index (χ1n) is 7.48. The highest BCUT2D eigenvalue weighted by atomic mass is 32.1. The van der Waals surface area contributed by atoms with Crippen molar-refractivity contribution >= 4 is 11.3 Å². The van der Waals surface area contributed by atoms with Gasteiger partial charge in [-0.3, -0.25) is 0 Å². The molecule has 2 rings (SSSR count). The van der Waals surface area contributed by atoms with Crippen molar-refractivity contribution in [1.29, 1.82) is 0 Å². The molecule has 21 heavy (non-hydrogen) atoms. The summed E-state index contributed by atoms with van der Waals surface area (Å²) in [4.78, 5) is 4.71. The number of thiazole rings is 1. The number of hydrogen-bond donors (Lipinski definition) is 1. The van der Waals surface area contributed by atoms with E-state index in [0.29, 0.717) is 6.61 Å². The Bertz CT molecular complexity index is 555. The molecule has 2 N–H and O–H groups in total. The second-order valence-electron chi connectivity index (χ2n) is 5.40. The first-order valence-corrected chi connectivity index (χ1v) is 8.36. The Balaban J connectivity index is 2.09. The lowest BCUT2D eigenvalue weighted by Gasteiger charge is -2.34. The monoisotopic (exact) mass is 304 g/mol. The molecule has 0 amide bonds. The number of hydrogen-bond acceptors (Lipinski definition) is 4. The highest BCUT2D eigenvalue weighted by Gasteiger charge is 2.31. The van der Waals surface area contributed by atoms with Gasteiger partial charge in [-0.15, -0.1) is 11.3 Å². The van der Waals surface area contributed by atoms with E-state index in [2.05, 4.69) is 31.4 Å². The largest absolute Gasteiger partial charge is 0.374 e. The van der Waals surface area contributed by atoms with E-state index in [0.717, 1.165) is 29.1 Å². The molecule has 3 nitrogen and oxygen atoms in total. The second kappa shape index (κ2) is 7.16. The van der Waals surface area contributed by atoms with Gasteiger partial charge in [-0.1, -0.05) is 37.3 Å². The lowest BCUT2D eigenvalue weighted by atomic mass is 9.91. The molecule has 2 aromatic rings. The van der Waals surface area contributed by atoms with Crippen LogP contribution in [0.2, 0.25) is 0 Å². The zero-order valence-corrected chi connectivity index (χ0v) is 13.8. The maximum atomic E-state index is 6.37. The molecule has 0 radical (unpaired) electrons. The van der Waals surface area contributed by atoms with Gasteiger partial charge in [0.05, 0.1) is 16.3 Å². The highest BCUT2D eigenvalue weighted by molar-refractivity contribution is 7.09. The second-order valence-corrected chi connectivity index (χ2v) is 6.35. The van der Waals surface area contributed by atoms with Gasteiger partial charge in [-0.05, 0) is 20.3 Å². The lowest BCUT2D eigenvalue weighted by molar-refractivity contribution is -0.0461. The minimum atomic E-state index is -0.284. The van der Waals surface area contributed by atoms with Gasteiger partial charge in [-0.25, -0.2) is 4.98 Å². The maximum absolute atomic E-state index is 6.37. The summed E-state index contributed by atoms with van der Waals surface area (Å²) in [5.41, 5.74) is 8.26. The van der Waals surface area contributed by atoms with Crippen LogP contribution in [0.1, 0.15) is 32.2 Å². The molecule has 0 spiro atoms. The third kappa shape index (κ3) is 3.90. The van der Waals surface area contributed by atoms with Crippen molar-refractivity contribution in [2.75, 3.05) is 6.61 Å². The summed E-state index contributed by atoms with van der Waals surface area (Å²) in [6.07, 6.45) is 1.65. The molecule has 2 atom stereocenters. The molecular weight excluding hydrogens is 280 g/mol. The van der Waals surface area contributed by atoms with E-state index in [1.165, 1.54) is 0 Å². The molecule has 0 saturated carbocycles. The van der Waals surface area contributed by atoms with E-state index in [4.69, 9.17) is 15.5 Å². The van der Waals surface area contributed by atoms with Crippen molar-refractivity contribution < 1.29 is 4.74 Å². The number of aromatic nitrogens is 1. The molecule has 0 aliphatic rings. The van der Waals surface area contributed by atoms with E-state index in [-0.39, 0.29) is 11.6 Å². The Hall–Kier alpha value is -1.23. The zero-order valence-electron chi connectivity index (χ0n) is 13.0. The molecule has 0 aliphatic heterocycles. The minimum absolute atomic E-state index is 0.0442. The summed E-state index contributed by atoms with van der Waals surface area (Å²) < 4.78 is 5.86. The minimum Gasteiger partial charge on any atom is -0.374 e. The van der Waals surface area contributed by atoms with E-state index >= 15 is 0 Å². The van der Waals surface area contributed by atoms with E-state index in [1.54, 1.807) is 11.3 Å². The molecule has 0 aliphatic carbocycles. The molecular formula is C17H24N2OS. The Labute approximate surface area is 131 Å². The van der Waals surface area contributed by atoms with Gasteiger partial charge in [0.1, 0.15) is 0 Å². The topological polar surface area (TPSA) is 48.1 Å². The smallest absolute Gasteiger partial charge is 0.0949 e. The molecule has 0 saturated heterocycles. The number of nitrogens with two attached hydrogens (primary N) is 1. The van der Waals surface area contributed by atoms with Crippen LogP contribution >= 0.6 is 11.3 Å². The van der Waals surface area contributed by atoms with Gasteiger partial charge < -0.3 is 10.5 Å². The number of nitrogens with zero attached hydrogens (tertiary/aromatic N) is 1. The quantitative estimate of drug-likeness (QED) is 0.844. The first kappa shape index (κ1) is 16.1. The Kier molecular flexibility index (Phi) is 5.51. The number of ether oxygens (including phenoxy) is 1. The van der Waals surface area contributed by atoms with E-state index in [1.807, 2.05) is 25.1 Å². The zero-order chi connectivity index (χ0) is 15.3. The van der Waals surface area contributed by atoms with Crippen LogP contribution < -0.4 is 5.73 Å². The summed E-state index contributed by atoms with van der Waals surface area (Å²) in [5.74, 6) is 0. The fourth-order valence-corrected chi connectivity index (χ4v) is 3.21. The summed E-state index contributed by atoms with van der Waals surface area (Å²) in [6, 6.07) is 10.2. The molecule has 4 heteroatoms. The fraction of sp³-hybridized carbons (Fsp3) is 0.471. The third-order valence-electron chi connectivity index (χ3n) is 3.98. The average molecular weight is 304 g/mol. The molecule has 1 aromatic carbocycles. The highest BCUT2D eigenvalue weighted by Crippen LogP contribution is 2.26. The van der Waals surface area contributed by atoms with Crippen molar-refractivity contribution in [3.8, 4) is 11.3 Å². The Morgan fingerprint density at radius 1 is 1.29 bits per heavy atom. The maximum Gasteiger partial charge on any atom is 0.0949 e. The van der Waals surface area contributed by atoms with Crippen LogP contribution in [0.3, 0.4) is 0 Å². The first-order chi connectivity index (χ1) is 10.1. The molecule has 1 aromatic heterocycles. The van der Waals surface area contributed by atoms with Crippen LogP contribution in [0.4, 0.5) is 0 Å². The summed E-state index contributed by atoms with van der Waals surface area (Å²) >= 11 is 1.67. The van der Waals surface area contributed by atoms with Gasteiger partial charge in [-0.2, -0.15) is 0 Å². The van der Waals surface area contributed by atoms with Gasteiger partial charge in [0, 0.05) is 30.0 Å². The third-order valence-corrected chi connectivity index (χ3v) is 4.85. The lowest BCUT2D eigenvalue weighted by Crippen LogP contribution is -2.48. The number of benzene rings is 1. The average Bonchev–Trinajstić information content (AvgIpc) is 2.96. The Morgan fingerprint density at radius 3 is 2.62 bits per heavy atom. The van der Waals surface area contributed by atoms with Crippen LogP contribution in [0, 0.1) is 0 Å². The van der Waals surface area contributed by atoms with Gasteiger partial charge in [0.2, 0.25) is 0 Å². The standard InChI is InChI=1S/C17H24N2OS/c1-4-17(3,20-5-2)15(18)11-16-19-14(12-21-16)13-9-7-6-8-10-13/h6-10,12,15H,4-5,11,18H2,1-3H3. The van der Waals surface area contributed by atoms with Gasteiger partial charge in [0.25, 0.3) is 0 Å². The normalized spacial score (nSPS) is 15.6. The van der Waals surface area contributed by atoms with Crippen LogP contribution in [0.25, 0.3) is 11.3 Å². The fourth-order valence-electron chi connectivity index (χ4n) is 2.35. The van der Waals surface area contributed by atoms with Crippen molar-refractivity contribution in [3.05, 3.63) is 40.7 Å². The van der Waals surface area contributed by atoms with Crippen LogP contribution in [-0.2, 0) is 11.2 Å².